The standard InChI is InChI=1S/C24H19ClF2N4O2/c1-14(23(33)31-13-24(26,27)11-18(31)12-28)30-22(32)19-8-9-29-21-7-4-16(10-20(19)21)15-2-5-17(25)6-3-15/h2-10,14,18H,11,13H2,1H3,(H,30,32)/t14?,18-/m0/s1. The molecule has 2 atom stereocenters. The molecule has 1 unspecified atom stereocenters. The zero-order chi connectivity index (χ0) is 23.8. The number of rotatable bonds is 4. The summed E-state index contributed by atoms with van der Waals surface area (Å²) in [5, 5.41) is 12.9. The number of carbonyl (C=O) groups is 2. The maximum Gasteiger partial charge on any atom is 0.268 e. The minimum atomic E-state index is -3.13. The van der Waals surface area contributed by atoms with Gasteiger partial charge in [-0.05, 0) is 48.4 Å². The van der Waals surface area contributed by atoms with E-state index in [2.05, 4.69) is 10.3 Å². The topological polar surface area (TPSA) is 86.1 Å². The van der Waals surface area contributed by atoms with Crippen LogP contribution in [-0.2, 0) is 4.79 Å². The number of alkyl halides is 2. The first-order valence-electron chi connectivity index (χ1n) is 10.2. The fourth-order valence-corrected chi connectivity index (χ4v) is 4.04. The average Bonchev–Trinajstić information content (AvgIpc) is 3.12. The lowest BCUT2D eigenvalue weighted by Gasteiger charge is -2.23. The van der Waals surface area contributed by atoms with Crippen LogP contribution in [0, 0.1) is 11.3 Å². The van der Waals surface area contributed by atoms with Gasteiger partial charge < -0.3 is 10.2 Å². The highest BCUT2D eigenvalue weighted by atomic mass is 35.5. The summed E-state index contributed by atoms with van der Waals surface area (Å²) in [4.78, 5) is 30.8. The van der Waals surface area contributed by atoms with Gasteiger partial charge >= 0.3 is 0 Å². The monoisotopic (exact) mass is 468 g/mol. The van der Waals surface area contributed by atoms with Gasteiger partial charge in [-0.3, -0.25) is 14.6 Å². The summed E-state index contributed by atoms with van der Waals surface area (Å²) in [7, 11) is 0. The second kappa shape index (κ2) is 8.75. The van der Waals surface area contributed by atoms with Crippen LogP contribution in [0.15, 0.2) is 54.7 Å². The fraction of sp³-hybridized carbons (Fsp3) is 0.250. The Balaban J connectivity index is 1.59. The highest BCUT2D eigenvalue weighted by Crippen LogP contribution is 2.32. The molecule has 9 heteroatoms. The molecule has 168 valence electrons. The van der Waals surface area contributed by atoms with Crippen LogP contribution in [0.3, 0.4) is 0 Å². The summed E-state index contributed by atoms with van der Waals surface area (Å²) in [5.41, 5.74) is 2.63. The molecule has 0 radical (unpaired) electrons. The largest absolute Gasteiger partial charge is 0.340 e. The number of nitrogens with zero attached hydrogens (tertiary/aromatic N) is 3. The van der Waals surface area contributed by atoms with Gasteiger partial charge in [0.1, 0.15) is 12.1 Å². The van der Waals surface area contributed by atoms with Crippen molar-refractivity contribution in [3.63, 3.8) is 0 Å². The molecule has 1 saturated heterocycles. The van der Waals surface area contributed by atoms with E-state index in [1.54, 1.807) is 24.3 Å². The van der Waals surface area contributed by atoms with Gasteiger partial charge in [-0.25, -0.2) is 8.78 Å². The van der Waals surface area contributed by atoms with Crippen molar-refractivity contribution < 1.29 is 18.4 Å². The van der Waals surface area contributed by atoms with Crippen LogP contribution in [0.1, 0.15) is 23.7 Å². The van der Waals surface area contributed by atoms with Crippen LogP contribution >= 0.6 is 11.6 Å². The van der Waals surface area contributed by atoms with Gasteiger partial charge in [0.2, 0.25) is 5.91 Å². The number of fused-ring (bicyclic) bond motifs is 1. The third-order valence-corrected chi connectivity index (χ3v) is 5.84. The quantitative estimate of drug-likeness (QED) is 0.613. The second-order valence-electron chi connectivity index (χ2n) is 7.96. The number of nitrogens with one attached hydrogen (secondary N) is 1. The van der Waals surface area contributed by atoms with Gasteiger partial charge in [0.15, 0.2) is 0 Å². The molecule has 1 aliphatic heterocycles. The highest BCUT2D eigenvalue weighted by Gasteiger charge is 2.48. The lowest BCUT2D eigenvalue weighted by atomic mass is 10.0. The van der Waals surface area contributed by atoms with Crippen molar-refractivity contribution >= 4 is 34.3 Å². The maximum absolute atomic E-state index is 13.7. The molecule has 1 N–H and O–H groups in total. The smallest absolute Gasteiger partial charge is 0.268 e. The fourth-order valence-electron chi connectivity index (χ4n) is 3.91. The molecule has 0 spiro atoms. The molecule has 0 saturated carbocycles. The van der Waals surface area contributed by atoms with Gasteiger partial charge in [0.05, 0.1) is 23.7 Å². The Kier molecular flexibility index (Phi) is 6.00. The molecule has 1 fully saturated rings. The number of hydrogen-bond acceptors (Lipinski definition) is 4. The summed E-state index contributed by atoms with van der Waals surface area (Å²) < 4.78 is 27.4. The summed E-state index contributed by atoms with van der Waals surface area (Å²) >= 11 is 5.96. The van der Waals surface area contributed by atoms with Crippen molar-refractivity contribution in [3.8, 4) is 17.2 Å². The van der Waals surface area contributed by atoms with Crippen molar-refractivity contribution in [1.29, 1.82) is 5.26 Å². The minimum absolute atomic E-state index is 0.291. The summed E-state index contributed by atoms with van der Waals surface area (Å²) in [6.07, 6.45) is 0.775. The molecule has 6 nitrogen and oxygen atoms in total. The van der Waals surface area contributed by atoms with E-state index in [0.717, 1.165) is 16.0 Å². The maximum atomic E-state index is 13.7. The van der Waals surface area contributed by atoms with Crippen LogP contribution in [-0.4, -0.2) is 46.2 Å². The third-order valence-electron chi connectivity index (χ3n) is 5.58. The lowest BCUT2D eigenvalue weighted by molar-refractivity contribution is -0.134. The Bertz CT molecular complexity index is 1270. The number of hydrogen-bond donors (Lipinski definition) is 1. The predicted molar refractivity (Wildman–Crippen MR) is 120 cm³/mol. The summed E-state index contributed by atoms with van der Waals surface area (Å²) in [6, 6.07) is 13.7. The second-order valence-corrected chi connectivity index (χ2v) is 8.40. The van der Waals surface area contributed by atoms with Crippen LogP contribution in [0.4, 0.5) is 8.78 Å². The molecule has 2 heterocycles. The molecule has 3 aromatic rings. The Labute approximate surface area is 193 Å². The molecule has 0 aliphatic carbocycles. The molecule has 0 bridgehead atoms. The number of aromatic nitrogens is 1. The Morgan fingerprint density at radius 1 is 1.21 bits per heavy atom. The molecule has 1 aromatic heterocycles. The van der Waals surface area contributed by atoms with Crippen LogP contribution in [0.2, 0.25) is 5.02 Å². The Hall–Kier alpha value is -3.57. The van der Waals surface area contributed by atoms with E-state index < -0.39 is 42.8 Å². The molecular weight excluding hydrogens is 450 g/mol. The van der Waals surface area contributed by atoms with Gasteiger partial charge in [-0.2, -0.15) is 5.26 Å². The Morgan fingerprint density at radius 2 is 1.91 bits per heavy atom. The van der Waals surface area contributed by atoms with Gasteiger partial charge in [0.25, 0.3) is 11.8 Å². The van der Waals surface area contributed by atoms with Gasteiger partial charge in [0, 0.05) is 23.0 Å². The van der Waals surface area contributed by atoms with E-state index in [1.165, 1.54) is 19.2 Å². The first-order chi connectivity index (χ1) is 15.7. The van der Waals surface area contributed by atoms with E-state index in [9.17, 15) is 18.4 Å². The van der Waals surface area contributed by atoms with Gasteiger partial charge in [-0.1, -0.05) is 29.8 Å². The number of amides is 2. The van der Waals surface area contributed by atoms with E-state index in [0.29, 0.717) is 21.5 Å². The predicted octanol–water partition coefficient (Wildman–Crippen LogP) is 4.43. The van der Waals surface area contributed by atoms with E-state index in [-0.39, 0.29) is 0 Å². The minimum Gasteiger partial charge on any atom is -0.340 e. The molecule has 2 aromatic carbocycles. The molecule has 1 aliphatic rings. The molecular formula is C24H19ClF2N4O2. The average molecular weight is 469 g/mol. The van der Waals surface area contributed by atoms with Crippen molar-refractivity contribution in [2.45, 2.75) is 31.4 Å². The first kappa shape index (κ1) is 22.6. The van der Waals surface area contributed by atoms with Crippen molar-refractivity contribution in [2.75, 3.05) is 6.54 Å². The zero-order valence-electron chi connectivity index (χ0n) is 17.6. The normalized spacial score (nSPS) is 18.0. The number of carbonyl (C=O) groups excluding carboxylic acids is 2. The number of pyridine rings is 1. The highest BCUT2D eigenvalue weighted by molar-refractivity contribution is 6.30. The van der Waals surface area contributed by atoms with Crippen LogP contribution < -0.4 is 5.32 Å². The first-order valence-corrected chi connectivity index (χ1v) is 10.6. The number of halogens is 3. The molecule has 4 rings (SSSR count). The summed E-state index contributed by atoms with van der Waals surface area (Å²) in [5.74, 6) is -4.40. The van der Waals surface area contributed by atoms with E-state index in [1.807, 2.05) is 24.3 Å². The summed E-state index contributed by atoms with van der Waals surface area (Å²) in [6.45, 7) is 0.570. The number of nitriles is 1. The van der Waals surface area contributed by atoms with E-state index >= 15 is 0 Å². The lowest BCUT2D eigenvalue weighted by Crippen LogP contribution is -2.48. The van der Waals surface area contributed by atoms with Gasteiger partial charge in [-0.15, -0.1) is 0 Å². The van der Waals surface area contributed by atoms with E-state index in [4.69, 9.17) is 16.9 Å². The van der Waals surface area contributed by atoms with Crippen molar-refractivity contribution in [1.82, 2.24) is 15.2 Å². The van der Waals surface area contributed by atoms with Crippen molar-refractivity contribution in [3.05, 3.63) is 65.3 Å². The zero-order valence-corrected chi connectivity index (χ0v) is 18.3. The van der Waals surface area contributed by atoms with Crippen LogP contribution in [0.25, 0.3) is 22.0 Å². The molecule has 2 amide bonds. The van der Waals surface area contributed by atoms with Crippen LogP contribution in [0.5, 0.6) is 0 Å². The third kappa shape index (κ3) is 4.64. The Morgan fingerprint density at radius 3 is 2.61 bits per heavy atom. The number of benzene rings is 2. The van der Waals surface area contributed by atoms with Crippen molar-refractivity contribution in [2.24, 2.45) is 0 Å². The number of likely N-dealkylation sites (tertiary alicyclic amines) is 1. The SMILES string of the molecule is CC(NC(=O)c1ccnc2ccc(-c3ccc(Cl)cc3)cc12)C(=O)N1CC(F)(F)C[C@H]1C#N. The molecule has 33 heavy (non-hydrogen) atoms.